The lowest BCUT2D eigenvalue weighted by Crippen LogP contribution is -2.49. The van der Waals surface area contributed by atoms with Crippen molar-refractivity contribution >= 4 is 22.6 Å². The third-order valence-corrected chi connectivity index (χ3v) is 3.48. The average molecular weight is 284 g/mol. The molecule has 5 nitrogen and oxygen atoms in total. The van der Waals surface area contributed by atoms with Gasteiger partial charge in [-0.2, -0.15) is 0 Å². The molecule has 0 spiro atoms. The van der Waals surface area contributed by atoms with Gasteiger partial charge in [0.1, 0.15) is 5.75 Å². The van der Waals surface area contributed by atoms with Crippen molar-refractivity contribution in [3.8, 4) is 5.75 Å². The molecule has 0 saturated heterocycles. The van der Waals surface area contributed by atoms with E-state index in [1.54, 1.807) is 18.2 Å². The molecule has 0 fully saturated rings. The standard InChI is InChI=1S/C16H16N2O3/c1-3-17-18-15(19)11-7-5-6-10-13(21-4-2)9-8-12(14(10)11)16(18)20/h5-9,17H,3-4H2,1-2H3. The largest absolute Gasteiger partial charge is 0.493 e. The maximum absolute atomic E-state index is 12.5. The van der Waals surface area contributed by atoms with Crippen molar-refractivity contribution in [3.63, 3.8) is 0 Å². The van der Waals surface area contributed by atoms with Crippen LogP contribution in [0.3, 0.4) is 0 Å². The van der Waals surface area contributed by atoms with E-state index in [4.69, 9.17) is 4.74 Å². The van der Waals surface area contributed by atoms with Gasteiger partial charge in [0.05, 0.1) is 17.7 Å². The molecule has 0 unspecified atom stereocenters. The molecule has 2 amide bonds. The molecule has 0 aliphatic carbocycles. The van der Waals surface area contributed by atoms with Gasteiger partial charge in [0.2, 0.25) is 0 Å². The number of rotatable bonds is 4. The number of nitrogens with zero attached hydrogens (tertiary/aromatic N) is 1. The topological polar surface area (TPSA) is 58.6 Å². The van der Waals surface area contributed by atoms with Crippen LogP contribution in [-0.4, -0.2) is 30.0 Å². The first-order valence-corrected chi connectivity index (χ1v) is 6.99. The Hall–Kier alpha value is -2.40. The second-order valence-corrected chi connectivity index (χ2v) is 4.73. The van der Waals surface area contributed by atoms with Gasteiger partial charge in [0.15, 0.2) is 0 Å². The van der Waals surface area contributed by atoms with Crippen LogP contribution in [0.2, 0.25) is 0 Å². The number of carbonyl (C=O) groups is 2. The molecule has 0 saturated carbocycles. The average Bonchev–Trinajstić information content (AvgIpc) is 2.50. The summed E-state index contributed by atoms with van der Waals surface area (Å²) in [4.78, 5) is 24.9. The van der Waals surface area contributed by atoms with Crippen LogP contribution >= 0.6 is 0 Å². The fraction of sp³-hybridized carbons (Fsp3) is 0.250. The van der Waals surface area contributed by atoms with Crippen molar-refractivity contribution in [3.05, 3.63) is 41.5 Å². The van der Waals surface area contributed by atoms with Gasteiger partial charge < -0.3 is 4.74 Å². The van der Waals surface area contributed by atoms with Gasteiger partial charge >= 0.3 is 0 Å². The number of hydrogen-bond acceptors (Lipinski definition) is 4. The highest BCUT2D eigenvalue weighted by Crippen LogP contribution is 2.34. The maximum Gasteiger partial charge on any atom is 0.275 e. The molecule has 1 aliphatic rings. The van der Waals surface area contributed by atoms with Crippen LogP contribution in [-0.2, 0) is 0 Å². The number of amides is 2. The third kappa shape index (κ3) is 1.97. The van der Waals surface area contributed by atoms with E-state index in [0.29, 0.717) is 35.4 Å². The predicted octanol–water partition coefficient (Wildman–Crippen LogP) is 2.36. The van der Waals surface area contributed by atoms with E-state index in [-0.39, 0.29) is 11.8 Å². The maximum atomic E-state index is 12.5. The Morgan fingerprint density at radius 2 is 1.76 bits per heavy atom. The SMILES string of the molecule is CCNN1C(=O)c2cccc3c(OCC)ccc(c23)C1=O. The molecule has 2 aromatic rings. The summed E-state index contributed by atoms with van der Waals surface area (Å²) in [7, 11) is 0. The van der Waals surface area contributed by atoms with Crippen molar-refractivity contribution in [2.24, 2.45) is 0 Å². The van der Waals surface area contributed by atoms with E-state index in [9.17, 15) is 9.59 Å². The molecule has 21 heavy (non-hydrogen) atoms. The van der Waals surface area contributed by atoms with E-state index in [1.807, 2.05) is 26.0 Å². The summed E-state index contributed by atoms with van der Waals surface area (Å²) in [6.07, 6.45) is 0. The Bertz CT molecular complexity index is 717. The summed E-state index contributed by atoms with van der Waals surface area (Å²) in [6, 6.07) is 8.91. The number of nitrogens with one attached hydrogen (secondary N) is 1. The molecule has 1 heterocycles. The quantitative estimate of drug-likeness (QED) is 0.876. The van der Waals surface area contributed by atoms with Crippen molar-refractivity contribution in [1.29, 1.82) is 0 Å². The number of hydrazine groups is 1. The molecular weight excluding hydrogens is 268 g/mol. The van der Waals surface area contributed by atoms with Gasteiger partial charge in [0.25, 0.3) is 11.8 Å². The Morgan fingerprint density at radius 1 is 1.05 bits per heavy atom. The van der Waals surface area contributed by atoms with Crippen LogP contribution in [0.25, 0.3) is 10.8 Å². The van der Waals surface area contributed by atoms with E-state index >= 15 is 0 Å². The number of hydrogen-bond donors (Lipinski definition) is 1. The second-order valence-electron chi connectivity index (χ2n) is 4.73. The van der Waals surface area contributed by atoms with Crippen molar-refractivity contribution in [2.45, 2.75) is 13.8 Å². The highest BCUT2D eigenvalue weighted by atomic mass is 16.5. The van der Waals surface area contributed by atoms with Crippen LogP contribution < -0.4 is 10.2 Å². The predicted molar refractivity (Wildman–Crippen MR) is 79.3 cm³/mol. The first-order chi connectivity index (χ1) is 10.2. The summed E-state index contributed by atoms with van der Waals surface area (Å²) in [6.45, 7) is 4.78. The van der Waals surface area contributed by atoms with Crippen molar-refractivity contribution < 1.29 is 14.3 Å². The first-order valence-electron chi connectivity index (χ1n) is 6.99. The zero-order valence-corrected chi connectivity index (χ0v) is 12.0. The molecule has 2 aromatic carbocycles. The number of carbonyl (C=O) groups excluding carboxylic acids is 2. The van der Waals surface area contributed by atoms with Crippen LogP contribution in [0.4, 0.5) is 0 Å². The summed E-state index contributed by atoms with van der Waals surface area (Å²) >= 11 is 0. The lowest BCUT2D eigenvalue weighted by atomic mass is 9.94. The Labute approximate surface area is 122 Å². The lowest BCUT2D eigenvalue weighted by molar-refractivity contribution is 0.0525. The highest BCUT2D eigenvalue weighted by Gasteiger charge is 2.33. The monoisotopic (exact) mass is 284 g/mol. The summed E-state index contributed by atoms with van der Waals surface area (Å²) in [5.41, 5.74) is 3.85. The van der Waals surface area contributed by atoms with Crippen molar-refractivity contribution in [2.75, 3.05) is 13.2 Å². The normalized spacial score (nSPS) is 13.9. The Morgan fingerprint density at radius 3 is 2.43 bits per heavy atom. The Balaban J connectivity index is 2.28. The highest BCUT2D eigenvalue weighted by molar-refractivity contribution is 6.25. The van der Waals surface area contributed by atoms with Gasteiger partial charge in [-0.25, -0.2) is 10.4 Å². The number of ether oxygens (including phenoxy) is 1. The molecule has 0 aromatic heterocycles. The van der Waals surface area contributed by atoms with E-state index < -0.39 is 0 Å². The van der Waals surface area contributed by atoms with Gasteiger partial charge in [-0.3, -0.25) is 9.59 Å². The molecular formula is C16H16N2O3. The molecule has 0 radical (unpaired) electrons. The van der Waals surface area contributed by atoms with Gasteiger partial charge in [-0.1, -0.05) is 19.1 Å². The summed E-state index contributed by atoms with van der Waals surface area (Å²) in [5.74, 6) is 0.0396. The van der Waals surface area contributed by atoms with Gasteiger partial charge in [-0.05, 0) is 25.1 Å². The Kier molecular flexibility index (Phi) is 3.35. The van der Waals surface area contributed by atoms with Crippen molar-refractivity contribution in [1.82, 2.24) is 10.4 Å². The molecule has 3 rings (SSSR count). The fourth-order valence-electron chi connectivity index (χ4n) is 2.65. The zero-order chi connectivity index (χ0) is 15.0. The van der Waals surface area contributed by atoms with Crippen LogP contribution in [0.15, 0.2) is 30.3 Å². The molecule has 0 bridgehead atoms. The van der Waals surface area contributed by atoms with Crippen LogP contribution in [0.1, 0.15) is 34.6 Å². The minimum Gasteiger partial charge on any atom is -0.493 e. The fourth-order valence-corrected chi connectivity index (χ4v) is 2.65. The lowest BCUT2D eigenvalue weighted by Gasteiger charge is -2.27. The van der Waals surface area contributed by atoms with E-state index in [2.05, 4.69) is 5.43 Å². The zero-order valence-electron chi connectivity index (χ0n) is 12.0. The van der Waals surface area contributed by atoms with Crippen LogP contribution in [0, 0.1) is 0 Å². The molecule has 1 N–H and O–H groups in total. The van der Waals surface area contributed by atoms with Gasteiger partial charge in [-0.15, -0.1) is 0 Å². The minimum absolute atomic E-state index is 0.325. The summed E-state index contributed by atoms with van der Waals surface area (Å²) < 4.78 is 5.59. The van der Waals surface area contributed by atoms with E-state index in [1.165, 1.54) is 0 Å². The summed E-state index contributed by atoms with van der Waals surface area (Å²) in [5, 5.41) is 2.55. The molecule has 5 heteroatoms. The molecule has 1 aliphatic heterocycles. The number of benzene rings is 2. The second kappa shape index (κ2) is 5.18. The molecule has 108 valence electrons. The number of imide groups is 1. The minimum atomic E-state index is -0.325. The smallest absolute Gasteiger partial charge is 0.275 e. The molecule has 0 atom stereocenters. The van der Waals surface area contributed by atoms with Crippen LogP contribution in [0.5, 0.6) is 5.75 Å². The van der Waals surface area contributed by atoms with Gasteiger partial charge in [0, 0.05) is 17.3 Å². The van der Waals surface area contributed by atoms with E-state index in [0.717, 1.165) is 10.4 Å². The third-order valence-electron chi connectivity index (χ3n) is 3.48. The first kappa shape index (κ1) is 13.6.